The summed E-state index contributed by atoms with van der Waals surface area (Å²) in [5, 5.41) is 10.8. The Morgan fingerprint density at radius 2 is 1.77 bits per heavy atom. The lowest BCUT2D eigenvalue weighted by atomic mass is 10.1. The summed E-state index contributed by atoms with van der Waals surface area (Å²) in [4.78, 5) is 8.93. The van der Waals surface area contributed by atoms with E-state index in [2.05, 4.69) is 25.5 Å². The second-order valence-corrected chi connectivity index (χ2v) is 11.9. The van der Waals surface area contributed by atoms with E-state index < -0.39 is 20.9 Å². The van der Waals surface area contributed by atoms with E-state index >= 15 is 0 Å². The minimum Gasteiger partial charge on any atom is -0.414 e. The molecule has 0 radical (unpaired) electrons. The lowest BCUT2D eigenvalue weighted by Crippen LogP contribution is -2.28. The van der Waals surface area contributed by atoms with E-state index in [0.717, 1.165) is 18.6 Å². The first-order valence-corrected chi connectivity index (χ1v) is 14.4. The van der Waals surface area contributed by atoms with Crippen LogP contribution in [0.4, 0.5) is 10.2 Å². The normalized spacial score (nSPS) is 19.3. The van der Waals surface area contributed by atoms with Crippen LogP contribution in [0.2, 0.25) is 0 Å². The summed E-state index contributed by atoms with van der Waals surface area (Å²) in [6, 6.07) is 11.5. The standard InChI is InChI=1S/C27H27FN6O5S/c28-22-11-16(12-30-18-7-9-37-14-18)1-6-21(22)26-33-34-27(39-26)24-25(29)31-13-23(32-24)17-2-4-19(5-3-17)40(35,36)20-8-10-38-15-20/h1-6,11,13,18,20,30H,7-10,12,14-15H2,(H2,29,31)/t18-,20?/m1/s1. The third-order valence-electron chi connectivity index (χ3n) is 7.02. The highest BCUT2D eigenvalue weighted by molar-refractivity contribution is 7.92. The first kappa shape index (κ1) is 26.4. The molecule has 0 amide bonds. The predicted molar refractivity (Wildman–Crippen MR) is 143 cm³/mol. The Morgan fingerprint density at radius 1 is 1.00 bits per heavy atom. The maximum atomic E-state index is 14.9. The second-order valence-electron chi connectivity index (χ2n) is 9.71. The van der Waals surface area contributed by atoms with Crippen LogP contribution in [0.1, 0.15) is 18.4 Å². The van der Waals surface area contributed by atoms with Gasteiger partial charge in [-0.15, -0.1) is 10.2 Å². The number of nitrogen functional groups attached to an aromatic ring is 1. The van der Waals surface area contributed by atoms with Gasteiger partial charge in [-0.05, 0) is 42.7 Å². The van der Waals surface area contributed by atoms with Gasteiger partial charge in [0.05, 0.1) is 40.8 Å². The van der Waals surface area contributed by atoms with Crippen LogP contribution in [-0.2, 0) is 25.9 Å². The molecule has 0 aliphatic carbocycles. The summed E-state index contributed by atoms with van der Waals surface area (Å²) >= 11 is 0. The molecule has 2 atom stereocenters. The van der Waals surface area contributed by atoms with Gasteiger partial charge in [0.2, 0.25) is 0 Å². The number of ether oxygens (including phenoxy) is 2. The van der Waals surface area contributed by atoms with Crippen LogP contribution in [-0.4, -0.2) is 66.3 Å². The van der Waals surface area contributed by atoms with Crippen molar-refractivity contribution in [2.45, 2.75) is 35.6 Å². The molecule has 1 unspecified atom stereocenters. The number of halogens is 1. The van der Waals surface area contributed by atoms with Crippen LogP contribution in [0, 0.1) is 5.82 Å². The molecule has 4 heterocycles. The zero-order valence-corrected chi connectivity index (χ0v) is 22.2. The van der Waals surface area contributed by atoms with Crippen LogP contribution < -0.4 is 11.1 Å². The molecule has 2 aliphatic heterocycles. The highest BCUT2D eigenvalue weighted by Gasteiger charge is 2.31. The van der Waals surface area contributed by atoms with E-state index in [-0.39, 0.29) is 46.4 Å². The van der Waals surface area contributed by atoms with Crippen molar-refractivity contribution < 1.29 is 26.7 Å². The molecule has 11 nitrogen and oxygen atoms in total. The van der Waals surface area contributed by atoms with E-state index in [1.54, 1.807) is 24.3 Å². The smallest absolute Gasteiger partial charge is 0.270 e. The minimum atomic E-state index is -3.49. The number of sulfone groups is 1. The average Bonchev–Trinajstić information content (AvgIpc) is 3.76. The number of nitrogens with two attached hydrogens (primary N) is 1. The molecule has 2 fully saturated rings. The molecule has 2 aromatic carbocycles. The summed E-state index contributed by atoms with van der Waals surface area (Å²) in [7, 11) is -3.49. The first-order chi connectivity index (χ1) is 19.4. The average molecular weight is 567 g/mol. The van der Waals surface area contributed by atoms with Crippen molar-refractivity contribution in [3.8, 4) is 34.3 Å². The molecular formula is C27H27FN6O5S. The van der Waals surface area contributed by atoms with Gasteiger partial charge in [-0.2, -0.15) is 0 Å². The number of benzene rings is 2. The Kier molecular flexibility index (Phi) is 7.27. The molecule has 6 rings (SSSR count). The molecule has 4 aromatic rings. The Labute approximate surface area is 229 Å². The van der Waals surface area contributed by atoms with Gasteiger partial charge in [0.15, 0.2) is 21.3 Å². The third-order valence-corrected chi connectivity index (χ3v) is 9.20. The largest absolute Gasteiger partial charge is 0.414 e. The zero-order valence-electron chi connectivity index (χ0n) is 21.4. The van der Waals surface area contributed by atoms with E-state index in [1.807, 2.05) is 0 Å². The molecule has 0 saturated carbocycles. The van der Waals surface area contributed by atoms with E-state index in [4.69, 9.17) is 19.6 Å². The monoisotopic (exact) mass is 566 g/mol. The Balaban J connectivity index is 1.21. The van der Waals surface area contributed by atoms with Crippen molar-refractivity contribution in [3.05, 3.63) is 60.0 Å². The SMILES string of the molecule is Nc1ncc(-c2ccc(S(=O)(=O)C3CCOC3)cc2)nc1-c1nnc(-c2ccc(CN[C@@H]3CCOC3)cc2F)o1. The minimum absolute atomic E-state index is 0.0198. The van der Waals surface area contributed by atoms with Crippen LogP contribution in [0.5, 0.6) is 0 Å². The lowest BCUT2D eigenvalue weighted by molar-refractivity contribution is 0.190. The van der Waals surface area contributed by atoms with Gasteiger partial charge in [0.1, 0.15) is 5.82 Å². The molecule has 208 valence electrons. The van der Waals surface area contributed by atoms with Gasteiger partial charge in [-0.1, -0.05) is 18.2 Å². The summed E-state index contributed by atoms with van der Waals surface area (Å²) in [6.45, 7) is 2.54. The van der Waals surface area contributed by atoms with Gasteiger partial charge in [0.25, 0.3) is 11.8 Å². The lowest BCUT2D eigenvalue weighted by Gasteiger charge is -2.11. The van der Waals surface area contributed by atoms with Crippen molar-refractivity contribution >= 4 is 15.7 Å². The highest BCUT2D eigenvalue weighted by atomic mass is 32.2. The maximum Gasteiger partial charge on any atom is 0.270 e. The van der Waals surface area contributed by atoms with Crippen molar-refractivity contribution in [2.75, 3.05) is 32.2 Å². The Hall–Kier alpha value is -3.78. The molecule has 0 bridgehead atoms. The molecular weight excluding hydrogens is 539 g/mol. The molecule has 2 saturated heterocycles. The molecule has 3 N–H and O–H groups in total. The summed E-state index contributed by atoms with van der Waals surface area (Å²) < 4.78 is 56.9. The second kappa shape index (κ2) is 11.0. The number of nitrogens with one attached hydrogen (secondary N) is 1. The first-order valence-electron chi connectivity index (χ1n) is 12.9. The number of aromatic nitrogens is 4. The molecule has 2 aliphatic rings. The summed E-state index contributed by atoms with van der Waals surface area (Å²) in [6.07, 6.45) is 2.88. The van der Waals surface area contributed by atoms with Crippen molar-refractivity contribution in [2.24, 2.45) is 0 Å². The number of nitrogens with zero attached hydrogens (tertiary/aromatic N) is 4. The molecule has 13 heteroatoms. The zero-order chi connectivity index (χ0) is 27.7. The Morgan fingerprint density at radius 3 is 2.50 bits per heavy atom. The number of rotatable bonds is 8. The van der Waals surface area contributed by atoms with Gasteiger partial charge < -0.3 is 24.9 Å². The number of anilines is 1. The van der Waals surface area contributed by atoms with Crippen LogP contribution >= 0.6 is 0 Å². The van der Waals surface area contributed by atoms with E-state index in [0.29, 0.717) is 37.4 Å². The molecule has 40 heavy (non-hydrogen) atoms. The van der Waals surface area contributed by atoms with Gasteiger partial charge >= 0.3 is 0 Å². The Bertz CT molecular complexity index is 1620. The van der Waals surface area contributed by atoms with E-state index in [9.17, 15) is 12.8 Å². The summed E-state index contributed by atoms with van der Waals surface area (Å²) in [5.74, 6) is -0.483. The van der Waals surface area contributed by atoms with Crippen LogP contribution in [0.3, 0.4) is 0 Å². The fraction of sp³-hybridized carbons (Fsp3) is 0.333. The predicted octanol–water partition coefficient (Wildman–Crippen LogP) is 3.02. The van der Waals surface area contributed by atoms with Crippen molar-refractivity contribution in [3.63, 3.8) is 0 Å². The topological polar surface area (TPSA) is 155 Å². The van der Waals surface area contributed by atoms with Crippen molar-refractivity contribution in [1.82, 2.24) is 25.5 Å². The fourth-order valence-electron chi connectivity index (χ4n) is 4.69. The van der Waals surface area contributed by atoms with Gasteiger partial charge in [-0.25, -0.2) is 22.8 Å². The van der Waals surface area contributed by atoms with Crippen molar-refractivity contribution in [1.29, 1.82) is 0 Å². The quantitative estimate of drug-likeness (QED) is 0.323. The molecule has 0 spiro atoms. The summed E-state index contributed by atoms with van der Waals surface area (Å²) in [5.41, 5.74) is 8.17. The van der Waals surface area contributed by atoms with Crippen LogP contribution in [0.15, 0.2) is 58.0 Å². The highest BCUT2D eigenvalue weighted by Crippen LogP contribution is 2.30. The maximum absolute atomic E-state index is 14.9. The molecule has 2 aromatic heterocycles. The number of hydrogen-bond acceptors (Lipinski definition) is 11. The van der Waals surface area contributed by atoms with Crippen LogP contribution in [0.25, 0.3) is 34.3 Å². The fourth-order valence-corrected chi connectivity index (χ4v) is 6.27. The third kappa shape index (κ3) is 5.32. The number of hydrogen-bond donors (Lipinski definition) is 2. The van der Waals surface area contributed by atoms with Gasteiger partial charge in [-0.3, -0.25) is 0 Å². The van der Waals surface area contributed by atoms with E-state index in [1.165, 1.54) is 24.4 Å². The van der Waals surface area contributed by atoms with Gasteiger partial charge in [0, 0.05) is 31.4 Å².